The van der Waals surface area contributed by atoms with Crippen LogP contribution in [0.4, 0.5) is 5.82 Å². The van der Waals surface area contributed by atoms with Gasteiger partial charge in [-0.05, 0) is 63.5 Å². The maximum Gasteiger partial charge on any atom is 0.177 e. The molecule has 1 aliphatic carbocycles. The van der Waals surface area contributed by atoms with Crippen LogP contribution in [0, 0.1) is 0 Å². The van der Waals surface area contributed by atoms with E-state index in [1.54, 1.807) is 18.6 Å². The van der Waals surface area contributed by atoms with Gasteiger partial charge in [0.15, 0.2) is 9.84 Å². The van der Waals surface area contributed by atoms with Crippen molar-refractivity contribution in [3.63, 3.8) is 0 Å². The molecule has 1 aromatic carbocycles. The summed E-state index contributed by atoms with van der Waals surface area (Å²) in [6.07, 6.45) is 10.4. The minimum Gasteiger partial charge on any atom is -0.367 e. The van der Waals surface area contributed by atoms with Gasteiger partial charge in [-0.1, -0.05) is 6.07 Å². The number of aromatic nitrogens is 3. The van der Waals surface area contributed by atoms with Gasteiger partial charge in [0, 0.05) is 41.7 Å². The number of nitrogens with one attached hydrogen (secondary N) is 1. The minimum absolute atomic E-state index is 0.209. The Morgan fingerprint density at radius 3 is 2.47 bits per heavy atom. The number of hydrogen-bond donors (Lipinski definition) is 1. The van der Waals surface area contributed by atoms with Gasteiger partial charge in [-0.15, -0.1) is 0 Å². The second kappa shape index (κ2) is 8.28. The first kappa shape index (κ1) is 20.7. The zero-order valence-corrected chi connectivity index (χ0v) is 18.4. The van der Waals surface area contributed by atoms with E-state index in [9.17, 15) is 8.42 Å². The van der Waals surface area contributed by atoms with Crippen molar-refractivity contribution in [2.24, 2.45) is 0 Å². The van der Waals surface area contributed by atoms with Crippen LogP contribution in [-0.4, -0.2) is 60.7 Å². The van der Waals surface area contributed by atoms with Crippen molar-refractivity contribution >= 4 is 26.6 Å². The molecule has 0 spiro atoms. The topological polar surface area (TPSA) is 88.1 Å². The standard InChI is InChI=1S/C22H27N5O2S/c1-27(2)18-7-5-17(6-8-18)26-22-20-11-15(4-9-21(20)24-14-25-22)16-10-19(13-23-12-16)30(3,28)29/h4,9-14,17-18H,5-8H2,1-3H3,(H,24,25,26)/t17-,18-. The Morgan fingerprint density at radius 1 is 1.00 bits per heavy atom. The van der Waals surface area contributed by atoms with Crippen LogP contribution >= 0.6 is 0 Å². The molecule has 1 saturated carbocycles. The third-order valence-electron chi connectivity index (χ3n) is 5.88. The summed E-state index contributed by atoms with van der Waals surface area (Å²) in [7, 11) is 0.972. The number of fused-ring (bicyclic) bond motifs is 1. The number of rotatable bonds is 5. The van der Waals surface area contributed by atoms with Gasteiger partial charge in [0.25, 0.3) is 0 Å². The highest BCUT2D eigenvalue weighted by atomic mass is 32.2. The first-order chi connectivity index (χ1) is 14.3. The molecule has 0 unspecified atom stereocenters. The van der Waals surface area contributed by atoms with Crippen molar-refractivity contribution in [2.75, 3.05) is 25.7 Å². The first-order valence-electron chi connectivity index (χ1n) is 10.1. The molecule has 30 heavy (non-hydrogen) atoms. The monoisotopic (exact) mass is 425 g/mol. The molecule has 3 aromatic rings. The molecule has 1 aliphatic rings. The van der Waals surface area contributed by atoms with Gasteiger partial charge >= 0.3 is 0 Å². The summed E-state index contributed by atoms with van der Waals surface area (Å²) in [6.45, 7) is 0. The lowest BCUT2D eigenvalue weighted by molar-refractivity contribution is 0.221. The number of hydrogen-bond acceptors (Lipinski definition) is 7. The number of sulfone groups is 1. The fraction of sp³-hybridized carbons (Fsp3) is 0.409. The number of pyridine rings is 1. The van der Waals surface area contributed by atoms with E-state index < -0.39 is 9.84 Å². The van der Waals surface area contributed by atoms with Crippen LogP contribution in [0.25, 0.3) is 22.0 Å². The maximum absolute atomic E-state index is 11.9. The van der Waals surface area contributed by atoms with Gasteiger partial charge in [0.2, 0.25) is 0 Å². The van der Waals surface area contributed by atoms with Crippen molar-refractivity contribution in [1.82, 2.24) is 19.9 Å². The van der Waals surface area contributed by atoms with Gasteiger partial charge in [-0.25, -0.2) is 18.4 Å². The Morgan fingerprint density at radius 2 is 1.77 bits per heavy atom. The normalized spacial score (nSPS) is 19.9. The molecule has 1 N–H and O–H groups in total. The molecular formula is C22H27N5O2S. The van der Waals surface area contributed by atoms with Crippen LogP contribution in [0.5, 0.6) is 0 Å². The van der Waals surface area contributed by atoms with Crippen LogP contribution in [-0.2, 0) is 9.84 Å². The molecule has 0 saturated heterocycles. The lowest BCUT2D eigenvalue weighted by atomic mass is 9.90. The van der Waals surface area contributed by atoms with E-state index in [1.165, 1.54) is 25.3 Å². The smallest absolute Gasteiger partial charge is 0.177 e. The summed E-state index contributed by atoms with van der Waals surface area (Å²) in [5.74, 6) is 0.822. The number of anilines is 1. The Kier molecular flexibility index (Phi) is 5.71. The molecule has 8 heteroatoms. The zero-order chi connectivity index (χ0) is 21.3. The largest absolute Gasteiger partial charge is 0.367 e. The molecule has 0 aliphatic heterocycles. The van der Waals surface area contributed by atoms with Gasteiger partial charge in [0.1, 0.15) is 12.1 Å². The highest BCUT2D eigenvalue weighted by molar-refractivity contribution is 7.90. The van der Waals surface area contributed by atoms with Crippen molar-refractivity contribution < 1.29 is 8.42 Å². The first-order valence-corrected chi connectivity index (χ1v) is 12.0. The highest BCUT2D eigenvalue weighted by Gasteiger charge is 2.23. The van der Waals surface area contributed by atoms with E-state index in [0.29, 0.717) is 12.1 Å². The third kappa shape index (κ3) is 4.44. The minimum atomic E-state index is -3.32. The summed E-state index contributed by atoms with van der Waals surface area (Å²) in [6, 6.07) is 8.57. The predicted molar refractivity (Wildman–Crippen MR) is 119 cm³/mol. The van der Waals surface area contributed by atoms with Crippen LogP contribution in [0.3, 0.4) is 0 Å². The van der Waals surface area contributed by atoms with E-state index in [-0.39, 0.29) is 4.90 Å². The Labute approximate surface area is 177 Å². The lowest BCUT2D eigenvalue weighted by Gasteiger charge is -2.33. The van der Waals surface area contributed by atoms with Crippen LogP contribution in [0.1, 0.15) is 25.7 Å². The van der Waals surface area contributed by atoms with E-state index in [0.717, 1.165) is 40.7 Å². The fourth-order valence-corrected chi connectivity index (χ4v) is 4.65. The SMILES string of the molecule is CN(C)[C@H]1CC[C@H](Nc2ncnc3ccc(-c4cncc(S(C)(=O)=O)c4)cc23)CC1. The van der Waals surface area contributed by atoms with Crippen LogP contribution in [0.2, 0.25) is 0 Å². The second-order valence-electron chi connectivity index (χ2n) is 8.25. The molecule has 2 heterocycles. The maximum atomic E-state index is 11.9. The summed E-state index contributed by atoms with van der Waals surface area (Å²) >= 11 is 0. The average Bonchev–Trinajstić information content (AvgIpc) is 2.73. The Bertz CT molecular complexity index is 1160. The molecule has 2 aromatic heterocycles. The van der Waals surface area contributed by atoms with Gasteiger partial charge in [-0.3, -0.25) is 4.98 Å². The van der Waals surface area contributed by atoms with Crippen molar-refractivity contribution in [2.45, 2.75) is 42.7 Å². The summed E-state index contributed by atoms with van der Waals surface area (Å²) in [5.41, 5.74) is 2.49. The van der Waals surface area contributed by atoms with Gasteiger partial charge < -0.3 is 10.2 Å². The highest BCUT2D eigenvalue weighted by Crippen LogP contribution is 2.30. The zero-order valence-electron chi connectivity index (χ0n) is 17.5. The van der Waals surface area contributed by atoms with E-state index in [4.69, 9.17) is 0 Å². The van der Waals surface area contributed by atoms with E-state index in [1.807, 2.05) is 18.2 Å². The average molecular weight is 426 g/mol. The van der Waals surface area contributed by atoms with Crippen molar-refractivity contribution in [3.8, 4) is 11.1 Å². The molecular weight excluding hydrogens is 398 g/mol. The van der Waals surface area contributed by atoms with Crippen molar-refractivity contribution in [1.29, 1.82) is 0 Å². The fourth-order valence-electron chi connectivity index (χ4n) is 4.06. The van der Waals surface area contributed by atoms with E-state index in [2.05, 4.69) is 39.3 Å². The molecule has 0 radical (unpaired) electrons. The molecule has 0 atom stereocenters. The predicted octanol–water partition coefficient (Wildman–Crippen LogP) is 3.38. The Hall–Kier alpha value is -2.58. The van der Waals surface area contributed by atoms with E-state index >= 15 is 0 Å². The second-order valence-corrected chi connectivity index (χ2v) is 10.3. The molecule has 7 nitrogen and oxygen atoms in total. The Balaban J connectivity index is 1.63. The summed E-state index contributed by atoms with van der Waals surface area (Å²) in [5, 5.41) is 4.54. The number of benzene rings is 1. The molecule has 0 amide bonds. The van der Waals surface area contributed by atoms with Crippen LogP contribution < -0.4 is 5.32 Å². The lowest BCUT2D eigenvalue weighted by Crippen LogP contribution is -2.36. The molecule has 158 valence electrons. The number of nitrogens with zero attached hydrogens (tertiary/aromatic N) is 4. The summed E-state index contributed by atoms with van der Waals surface area (Å²) in [4.78, 5) is 15.5. The van der Waals surface area contributed by atoms with Crippen molar-refractivity contribution in [3.05, 3.63) is 43.0 Å². The molecule has 1 fully saturated rings. The molecule has 0 bridgehead atoms. The molecule has 4 rings (SSSR count). The van der Waals surface area contributed by atoms with Crippen LogP contribution in [0.15, 0.2) is 47.9 Å². The summed E-state index contributed by atoms with van der Waals surface area (Å²) < 4.78 is 23.8. The van der Waals surface area contributed by atoms with Gasteiger partial charge in [0.05, 0.1) is 10.4 Å². The van der Waals surface area contributed by atoms with Gasteiger partial charge in [-0.2, -0.15) is 0 Å². The quantitative estimate of drug-likeness (QED) is 0.670. The third-order valence-corrected chi connectivity index (χ3v) is 6.96.